The van der Waals surface area contributed by atoms with Crippen LogP contribution in [0, 0.1) is 13.8 Å². The Hall–Kier alpha value is -4.16. The number of thiophene rings is 1. The van der Waals surface area contributed by atoms with Gasteiger partial charge in [0.15, 0.2) is 11.5 Å². The van der Waals surface area contributed by atoms with Gasteiger partial charge in [-0.3, -0.25) is 9.10 Å². The number of aromatic amines is 1. The molecule has 4 aromatic rings. The number of hydrogen-bond donors (Lipinski definition) is 1. The number of nitrogens with one attached hydrogen (secondary N) is 1. The van der Waals surface area contributed by atoms with Gasteiger partial charge in [0.25, 0.3) is 15.6 Å². The minimum Gasteiger partial charge on any atom is -0.493 e. The number of benzene rings is 2. The molecule has 0 atom stereocenters. The summed E-state index contributed by atoms with van der Waals surface area (Å²) in [7, 11) is -1.24. The second kappa shape index (κ2) is 10.8. The number of methoxy groups -OCH3 is 2. The van der Waals surface area contributed by atoms with E-state index in [9.17, 15) is 18.0 Å². The first-order chi connectivity index (χ1) is 19.1. The molecule has 0 spiro atoms. The van der Waals surface area contributed by atoms with E-state index < -0.39 is 16.0 Å². The van der Waals surface area contributed by atoms with E-state index in [-0.39, 0.29) is 34.4 Å². The Bertz CT molecular complexity index is 1820. The van der Waals surface area contributed by atoms with Gasteiger partial charge >= 0.3 is 5.97 Å². The molecule has 1 N–H and O–H groups in total. The molecule has 10 nitrogen and oxygen atoms in total. The number of anilines is 1. The number of rotatable bonds is 8. The van der Waals surface area contributed by atoms with Gasteiger partial charge in [0, 0.05) is 17.5 Å². The Kier molecular flexibility index (Phi) is 7.39. The van der Waals surface area contributed by atoms with Crippen LogP contribution in [0.5, 0.6) is 11.5 Å². The summed E-state index contributed by atoms with van der Waals surface area (Å²) in [5.74, 6) is -0.211. The third-order valence-electron chi connectivity index (χ3n) is 6.73. The Morgan fingerprint density at radius 2 is 1.95 bits per heavy atom. The second-order valence-corrected chi connectivity index (χ2v) is 12.2. The minimum absolute atomic E-state index is 0.0658. The fourth-order valence-electron chi connectivity index (χ4n) is 4.63. The average molecular weight is 582 g/mol. The Balaban J connectivity index is 1.39. The topological polar surface area (TPSA) is 128 Å². The standard InChI is InChI=1S/C28H27N3O7S2/c1-16-17(2)39-28-25(16)27(33)29-23(30-28)15-38-24(32)10-9-18-13-21(36-3)26(37-4)22(14-18)40(34,35)31-12-11-19-7-5-6-8-20(19)31/h5-10,13-14H,11-12,15H2,1-4H3,(H,29,30,33)/b10-9+. The highest BCUT2D eigenvalue weighted by molar-refractivity contribution is 7.93. The van der Waals surface area contributed by atoms with Crippen molar-refractivity contribution in [3.8, 4) is 11.5 Å². The van der Waals surface area contributed by atoms with E-state index >= 15 is 0 Å². The Morgan fingerprint density at radius 3 is 2.70 bits per heavy atom. The number of aryl methyl sites for hydroxylation is 2. The van der Waals surface area contributed by atoms with Crippen molar-refractivity contribution < 1.29 is 27.4 Å². The van der Waals surface area contributed by atoms with Crippen LogP contribution in [0.2, 0.25) is 0 Å². The van der Waals surface area contributed by atoms with E-state index in [0.29, 0.717) is 34.4 Å². The Labute approximate surface area is 234 Å². The molecule has 2 aromatic heterocycles. The number of H-pyrrole nitrogens is 1. The van der Waals surface area contributed by atoms with Crippen LogP contribution in [-0.4, -0.2) is 45.1 Å². The zero-order valence-corrected chi connectivity index (χ0v) is 23.9. The summed E-state index contributed by atoms with van der Waals surface area (Å²) in [5, 5.41) is 0.536. The third kappa shape index (κ3) is 4.95. The maximum Gasteiger partial charge on any atom is 0.331 e. The van der Waals surface area contributed by atoms with Crippen molar-refractivity contribution in [1.82, 2.24) is 9.97 Å². The molecule has 40 heavy (non-hydrogen) atoms. The van der Waals surface area contributed by atoms with Crippen molar-refractivity contribution in [3.63, 3.8) is 0 Å². The van der Waals surface area contributed by atoms with E-state index in [1.54, 1.807) is 18.2 Å². The zero-order valence-electron chi connectivity index (χ0n) is 22.3. The number of hydrogen-bond acceptors (Lipinski definition) is 9. The van der Waals surface area contributed by atoms with Crippen LogP contribution in [0.4, 0.5) is 5.69 Å². The van der Waals surface area contributed by atoms with Crippen LogP contribution in [0.25, 0.3) is 16.3 Å². The molecular weight excluding hydrogens is 554 g/mol. The molecule has 0 fully saturated rings. The highest BCUT2D eigenvalue weighted by Gasteiger charge is 2.34. The molecule has 0 aliphatic carbocycles. The van der Waals surface area contributed by atoms with Crippen LogP contribution < -0.4 is 19.3 Å². The van der Waals surface area contributed by atoms with Gasteiger partial charge in [-0.15, -0.1) is 11.3 Å². The van der Waals surface area contributed by atoms with Gasteiger partial charge in [0.1, 0.15) is 22.2 Å². The third-order valence-corrected chi connectivity index (χ3v) is 9.65. The monoisotopic (exact) mass is 581 g/mol. The number of ether oxygens (including phenoxy) is 3. The van der Waals surface area contributed by atoms with Gasteiger partial charge in [0.05, 0.1) is 25.3 Å². The van der Waals surface area contributed by atoms with Crippen molar-refractivity contribution >= 4 is 49.3 Å². The van der Waals surface area contributed by atoms with Crippen LogP contribution >= 0.6 is 11.3 Å². The highest BCUT2D eigenvalue weighted by atomic mass is 32.2. The average Bonchev–Trinajstić information content (AvgIpc) is 3.51. The number of esters is 1. The first-order valence-electron chi connectivity index (χ1n) is 12.3. The largest absolute Gasteiger partial charge is 0.493 e. The Morgan fingerprint density at radius 1 is 1.18 bits per heavy atom. The van der Waals surface area contributed by atoms with E-state index in [4.69, 9.17) is 14.2 Å². The van der Waals surface area contributed by atoms with Gasteiger partial charge in [-0.2, -0.15) is 0 Å². The molecule has 208 valence electrons. The number of fused-ring (bicyclic) bond motifs is 2. The van der Waals surface area contributed by atoms with E-state index in [2.05, 4.69) is 9.97 Å². The number of aromatic nitrogens is 2. The van der Waals surface area contributed by atoms with Gasteiger partial charge in [-0.1, -0.05) is 18.2 Å². The fraction of sp³-hybridized carbons (Fsp3) is 0.250. The summed E-state index contributed by atoms with van der Waals surface area (Å²) in [6.07, 6.45) is 3.19. The molecule has 1 aliphatic heterocycles. The molecule has 0 amide bonds. The lowest BCUT2D eigenvalue weighted by Crippen LogP contribution is -2.29. The lowest BCUT2D eigenvalue weighted by molar-refractivity contribution is -0.139. The van der Waals surface area contributed by atoms with Crippen molar-refractivity contribution in [1.29, 1.82) is 0 Å². The van der Waals surface area contributed by atoms with Gasteiger partial charge < -0.3 is 19.2 Å². The smallest absolute Gasteiger partial charge is 0.331 e. The molecule has 3 heterocycles. The minimum atomic E-state index is -4.02. The summed E-state index contributed by atoms with van der Waals surface area (Å²) in [6.45, 7) is 3.85. The SMILES string of the molecule is COc1cc(/C=C/C(=O)OCc2nc3sc(C)c(C)c3c(=O)[nH]2)cc(S(=O)(=O)N2CCc3ccccc32)c1OC. The van der Waals surface area contributed by atoms with Crippen LogP contribution in [0.1, 0.15) is 27.4 Å². The van der Waals surface area contributed by atoms with Crippen LogP contribution in [0.3, 0.4) is 0 Å². The molecule has 0 radical (unpaired) electrons. The molecule has 0 unspecified atom stereocenters. The predicted molar refractivity (Wildman–Crippen MR) is 153 cm³/mol. The quantitative estimate of drug-likeness (QED) is 0.243. The van der Waals surface area contributed by atoms with Crippen molar-refractivity contribution in [3.05, 3.63) is 80.2 Å². The molecular formula is C28H27N3O7S2. The normalized spacial score (nSPS) is 13.2. The summed E-state index contributed by atoms with van der Waals surface area (Å²) in [6, 6.07) is 10.3. The second-order valence-electron chi connectivity index (χ2n) is 9.13. The number of para-hydroxylation sites is 1. The molecule has 12 heteroatoms. The number of nitrogens with zero attached hydrogens (tertiary/aromatic N) is 2. The number of sulfonamides is 1. The lowest BCUT2D eigenvalue weighted by Gasteiger charge is -2.22. The van der Waals surface area contributed by atoms with Gasteiger partial charge in [-0.05, 0) is 61.2 Å². The molecule has 0 bridgehead atoms. The number of carbonyl (C=O) groups excluding carboxylic acids is 1. The first kappa shape index (κ1) is 27.4. The maximum atomic E-state index is 13.8. The summed E-state index contributed by atoms with van der Waals surface area (Å²) in [4.78, 5) is 33.5. The van der Waals surface area contributed by atoms with E-state index in [1.807, 2.05) is 26.0 Å². The van der Waals surface area contributed by atoms with Crippen molar-refractivity contribution in [2.75, 3.05) is 25.1 Å². The van der Waals surface area contributed by atoms with Crippen molar-refractivity contribution in [2.45, 2.75) is 31.8 Å². The lowest BCUT2D eigenvalue weighted by atomic mass is 10.2. The van der Waals surface area contributed by atoms with E-state index in [0.717, 1.165) is 16.0 Å². The summed E-state index contributed by atoms with van der Waals surface area (Å²) < 4.78 is 45.0. The van der Waals surface area contributed by atoms with E-state index in [1.165, 1.54) is 48.1 Å². The summed E-state index contributed by atoms with van der Waals surface area (Å²) in [5.41, 5.74) is 2.54. The first-order valence-corrected chi connectivity index (χ1v) is 14.6. The molecule has 2 aromatic carbocycles. The fourth-order valence-corrected chi connectivity index (χ4v) is 7.39. The van der Waals surface area contributed by atoms with Crippen LogP contribution in [-0.2, 0) is 32.6 Å². The molecule has 1 aliphatic rings. The van der Waals surface area contributed by atoms with Gasteiger partial charge in [0.2, 0.25) is 0 Å². The molecule has 5 rings (SSSR count). The van der Waals surface area contributed by atoms with Crippen LogP contribution in [0.15, 0.2) is 52.2 Å². The zero-order chi connectivity index (χ0) is 28.6. The molecule has 0 saturated heterocycles. The number of carbonyl (C=O) groups is 1. The highest BCUT2D eigenvalue weighted by Crippen LogP contribution is 2.40. The van der Waals surface area contributed by atoms with Crippen molar-refractivity contribution in [2.24, 2.45) is 0 Å². The summed E-state index contributed by atoms with van der Waals surface area (Å²) >= 11 is 1.40. The molecule has 0 saturated carbocycles. The maximum absolute atomic E-state index is 13.8. The predicted octanol–water partition coefficient (Wildman–Crippen LogP) is 4.13. The van der Waals surface area contributed by atoms with Gasteiger partial charge in [-0.25, -0.2) is 18.2 Å².